The zero-order valence-electron chi connectivity index (χ0n) is 19.3. The molecule has 3 aromatic rings. The van der Waals surface area contributed by atoms with Crippen molar-refractivity contribution in [3.05, 3.63) is 84.1 Å². The van der Waals surface area contributed by atoms with Crippen molar-refractivity contribution in [1.29, 1.82) is 0 Å². The molecule has 0 radical (unpaired) electrons. The monoisotopic (exact) mass is 457 g/mol. The second-order valence-corrected chi connectivity index (χ2v) is 8.54. The molecule has 4 rings (SSSR count). The standard InChI is InChI=1S/C27H31N5O2/c28-23-11-5-6-12-24(23)30-27(34)22-13-14-25(29-20-22)31-15-7-2-8-16-32(18-17-31)26(33)19-21-9-3-1-4-10-21/h1,3-6,9-14,20H,2,7-8,15-19,28H2,(H,30,34). The lowest BCUT2D eigenvalue weighted by atomic mass is 10.1. The number of nitrogen functional groups attached to an aromatic ring is 1. The van der Waals surface area contributed by atoms with Crippen LogP contribution in [-0.2, 0) is 11.2 Å². The average molecular weight is 458 g/mol. The minimum atomic E-state index is -0.251. The summed E-state index contributed by atoms with van der Waals surface area (Å²) in [6.45, 7) is 3.02. The van der Waals surface area contributed by atoms with Crippen LogP contribution < -0.4 is 16.0 Å². The minimum absolute atomic E-state index is 0.160. The molecule has 2 amide bonds. The third-order valence-electron chi connectivity index (χ3n) is 6.09. The number of nitrogens with one attached hydrogen (secondary N) is 1. The molecular weight excluding hydrogens is 426 g/mol. The lowest BCUT2D eigenvalue weighted by molar-refractivity contribution is -0.130. The number of para-hydroxylation sites is 2. The highest BCUT2D eigenvalue weighted by atomic mass is 16.2. The van der Waals surface area contributed by atoms with Crippen molar-refractivity contribution in [1.82, 2.24) is 9.88 Å². The highest BCUT2D eigenvalue weighted by Crippen LogP contribution is 2.19. The largest absolute Gasteiger partial charge is 0.397 e. The fraction of sp³-hybridized carbons (Fsp3) is 0.296. The molecule has 1 aliphatic heterocycles. The van der Waals surface area contributed by atoms with Crippen LogP contribution in [0, 0.1) is 0 Å². The normalized spacial score (nSPS) is 14.6. The molecule has 3 N–H and O–H groups in total. The molecule has 0 spiro atoms. The summed E-state index contributed by atoms with van der Waals surface area (Å²) < 4.78 is 0. The van der Waals surface area contributed by atoms with Gasteiger partial charge in [-0.3, -0.25) is 9.59 Å². The van der Waals surface area contributed by atoms with Gasteiger partial charge in [0.25, 0.3) is 5.91 Å². The van der Waals surface area contributed by atoms with E-state index in [1.54, 1.807) is 24.4 Å². The highest BCUT2D eigenvalue weighted by molar-refractivity contribution is 6.05. The summed E-state index contributed by atoms with van der Waals surface area (Å²) in [6, 6.07) is 20.7. The minimum Gasteiger partial charge on any atom is -0.397 e. The van der Waals surface area contributed by atoms with Gasteiger partial charge in [-0.05, 0) is 49.1 Å². The number of anilines is 3. The number of benzene rings is 2. The number of aromatic nitrogens is 1. The fourth-order valence-electron chi connectivity index (χ4n) is 4.12. The molecule has 0 unspecified atom stereocenters. The maximum atomic E-state index is 12.9. The number of nitrogens with zero attached hydrogens (tertiary/aromatic N) is 3. The molecule has 176 valence electrons. The van der Waals surface area contributed by atoms with E-state index in [1.807, 2.05) is 53.4 Å². The fourth-order valence-corrected chi connectivity index (χ4v) is 4.12. The van der Waals surface area contributed by atoms with Crippen LogP contribution in [0.5, 0.6) is 0 Å². The van der Waals surface area contributed by atoms with Gasteiger partial charge in [0.1, 0.15) is 5.82 Å². The molecule has 7 nitrogen and oxygen atoms in total. The first-order chi connectivity index (χ1) is 16.6. The van der Waals surface area contributed by atoms with Crippen molar-refractivity contribution in [3.8, 4) is 0 Å². The topological polar surface area (TPSA) is 91.6 Å². The van der Waals surface area contributed by atoms with Crippen molar-refractivity contribution in [2.24, 2.45) is 0 Å². The quantitative estimate of drug-likeness (QED) is 0.566. The second kappa shape index (κ2) is 11.3. The molecular formula is C27H31N5O2. The number of pyridine rings is 1. The van der Waals surface area contributed by atoms with Gasteiger partial charge in [0.2, 0.25) is 5.91 Å². The lowest BCUT2D eigenvalue weighted by Gasteiger charge is -2.27. The first-order valence-electron chi connectivity index (χ1n) is 11.8. The maximum Gasteiger partial charge on any atom is 0.257 e. The maximum absolute atomic E-state index is 12.9. The molecule has 0 saturated carbocycles. The summed E-state index contributed by atoms with van der Waals surface area (Å²) >= 11 is 0. The van der Waals surface area contributed by atoms with E-state index in [1.165, 1.54) is 0 Å². The van der Waals surface area contributed by atoms with Crippen molar-refractivity contribution in [2.75, 3.05) is 42.1 Å². The molecule has 1 aromatic heterocycles. The third kappa shape index (κ3) is 6.13. The van der Waals surface area contributed by atoms with Gasteiger partial charge in [-0.2, -0.15) is 0 Å². The molecule has 34 heavy (non-hydrogen) atoms. The SMILES string of the molecule is Nc1ccccc1NC(=O)c1ccc(N2CCCCCN(C(=O)Cc3ccccc3)CC2)nc1. The van der Waals surface area contributed by atoms with Crippen molar-refractivity contribution in [2.45, 2.75) is 25.7 Å². The van der Waals surface area contributed by atoms with Gasteiger partial charge >= 0.3 is 0 Å². The number of amides is 2. The van der Waals surface area contributed by atoms with Crippen LogP contribution in [0.4, 0.5) is 17.2 Å². The number of rotatable bonds is 5. The zero-order chi connectivity index (χ0) is 23.8. The number of carbonyl (C=O) groups is 2. The first-order valence-corrected chi connectivity index (χ1v) is 11.8. The van der Waals surface area contributed by atoms with Crippen molar-refractivity contribution in [3.63, 3.8) is 0 Å². The number of carbonyl (C=O) groups excluding carboxylic acids is 2. The van der Waals surface area contributed by atoms with E-state index in [2.05, 4.69) is 15.2 Å². The van der Waals surface area contributed by atoms with Crippen LogP contribution in [-0.4, -0.2) is 47.9 Å². The van der Waals surface area contributed by atoms with Crippen LogP contribution in [0.3, 0.4) is 0 Å². The number of hydrogen-bond donors (Lipinski definition) is 2. The van der Waals surface area contributed by atoms with Crippen LogP contribution in [0.15, 0.2) is 72.9 Å². The summed E-state index contributed by atoms with van der Waals surface area (Å²) in [4.78, 5) is 34.3. The molecule has 1 aliphatic rings. The lowest BCUT2D eigenvalue weighted by Crippen LogP contribution is -2.39. The number of nitrogens with two attached hydrogens (primary N) is 1. The molecule has 7 heteroatoms. The van der Waals surface area contributed by atoms with Gasteiger partial charge in [0.15, 0.2) is 0 Å². The Morgan fingerprint density at radius 3 is 2.38 bits per heavy atom. The van der Waals surface area contributed by atoms with E-state index in [-0.39, 0.29) is 11.8 Å². The molecule has 2 heterocycles. The van der Waals surface area contributed by atoms with E-state index >= 15 is 0 Å². The summed E-state index contributed by atoms with van der Waals surface area (Å²) in [7, 11) is 0. The Hall–Kier alpha value is -3.87. The zero-order valence-corrected chi connectivity index (χ0v) is 19.3. The van der Waals surface area contributed by atoms with E-state index in [4.69, 9.17) is 5.73 Å². The van der Waals surface area contributed by atoms with Gasteiger partial charge in [-0.15, -0.1) is 0 Å². The predicted octanol–water partition coefficient (Wildman–Crippen LogP) is 3.98. The first kappa shape index (κ1) is 23.3. The highest BCUT2D eigenvalue weighted by Gasteiger charge is 2.18. The molecule has 1 fully saturated rings. The summed E-state index contributed by atoms with van der Waals surface area (Å²) in [5.41, 5.74) is 8.52. The van der Waals surface area contributed by atoms with Crippen molar-refractivity contribution >= 4 is 29.0 Å². The molecule has 0 aliphatic carbocycles. The third-order valence-corrected chi connectivity index (χ3v) is 6.09. The van der Waals surface area contributed by atoms with E-state index < -0.39 is 0 Å². The van der Waals surface area contributed by atoms with Gasteiger partial charge in [0, 0.05) is 32.4 Å². The summed E-state index contributed by atoms with van der Waals surface area (Å²) in [5.74, 6) is 0.723. The Labute approximate surface area is 200 Å². The Morgan fingerprint density at radius 2 is 1.62 bits per heavy atom. The van der Waals surface area contributed by atoms with Crippen molar-refractivity contribution < 1.29 is 9.59 Å². The Morgan fingerprint density at radius 1 is 0.853 bits per heavy atom. The van der Waals surface area contributed by atoms with Gasteiger partial charge < -0.3 is 20.9 Å². The van der Waals surface area contributed by atoms with Crippen LogP contribution in [0.1, 0.15) is 35.2 Å². The molecule has 0 atom stereocenters. The van der Waals surface area contributed by atoms with Gasteiger partial charge in [0.05, 0.1) is 23.4 Å². The van der Waals surface area contributed by atoms with Crippen LogP contribution in [0.2, 0.25) is 0 Å². The molecule has 0 bridgehead atoms. The average Bonchev–Trinajstić information content (AvgIpc) is 2.98. The summed E-state index contributed by atoms with van der Waals surface area (Å²) in [6.07, 6.45) is 5.12. The van der Waals surface area contributed by atoms with E-state index in [0.29, 0.717) is 36.4 Å². The summed E-state index contributed by atoms with van der Waals surface area (Å²) in [5, 5.41) is 2.83. The molecule has 1 saturated heterocycles. The van der Waals surface area contributed by atoms with Gasteiger partial charge in [-0.25, -0.2) is 4.98 Å². The number of hydrogen-bond acceptors (Lipinski definition) is 5. The van der Waals surface area contributed by atoms with Gasteiger partial charge in [-0.1, -0.05) is 42.5 Å². The predicted molar refractivity (Wildman–Crippen MR) is 136 cm³/mol. The van der Waals surface area contributed by atoms with E-state index in [0.717, 1.165) is 43.7 Å². The Kier molecular flexibility index (Phi) is 7.75. The molecule has 2 aromatic carbocycles. The Balaban J connectivity index is 1.39. The van der Waals surface area contributed by atoms with Crippen LogP contribution >= 0.6 is 0 Å². The van der Waals surface area contributed by atoms with Crippen LogP contribution in [0.25, 0.3) is 0 Å². The Bertz CT molecular complexity index is 1100. The van der Waals surface area contributed by atoms with E-state index in [9.17, 15) is 9.59 Å². The second-order valence-electron chi connectivity index (χ2n) is 8.54. The smallest absolute Gasteiger partial charge is 0.257 e.